The molecule has 0 spiro atoms. The van der Waals surface area contributed by atoms with E-state index in [4.69, 9.17) is 9.90 Å². The minimum Gasteiger partial charge on any atom is -0.484 e. The zero-order valence-electron chi connectivity index (χ0n) is 3.40. The Morgan fingerprint density at radius 2 is 1.71 bits per heavy atom. The number of hydrogen-bond donors (Lipinski definition) is 2. The van der Waals surface area contributed by atoms with Gasteiger partial charge in [-0.15, -0.1) is 0 Å². The van der Waals surface area contributed by atoms with Crippen LogP contribution in [0.3, 0.4) is 0 Å². The summed E-state index contributed by atoms with van der Waals surface area (Å²) in [5, 5.41) is 7.24. The van der Waals surface area contributed by atoms with Gasteiger partial charge in [-0.1, -0.05) is 0 Å². The highest BCUT2D eigenvalue weighted by atomic mass is 19.2. The fourth-order valence-electron chi connectivity index (χ4n) is 0. The maximum atomic E-state index is 10.6. The summed E-state index contributed by atoms with van der Waals surface area (Å²) in [6.07, 6.45) is 0. The number of carbonyl (C=O) groups is 1. The van der Waals surface area contributed by atoms with E-state index in [1.54, 1.807) is 0 Å². The molecule has 0 aromatic rings. The van der Waals surface area contributed by atoms with Gasteiger partial charge in [0, 0.05) is 0 Å². The molecule has 0 rings (SSSR count). The fraction of sp³-hybridized carbons (Fsp3) is 0. The SMILES string of the molecule is N.O=C(O)B(F)F. The number of hydrogen-bond acceptors (Lipinski definition) is 2. The molecule has 0 atom stereocenters. The van der Waals surface area contributed by atoms with Gasteiger partial charge >= 0.3 is 13.1 Å². The molecule has 0 bridgehead atoms. The van der Waals surface area contributed by atoms with Gasteiger partial charge in [0.2, 0.25) is 0 Å². The average Bonchev–Trinajstić information content (AvgIpc) is 1.36. The summed E-state index contributed by atoms with van der Waals surface area (Å²) < 4.78 is 21.1. The normalized spacial score (nSPS) is 6.57. The van der Waals surface area contributed by atoms with Crippen molar-refractivity contribution in [3.63, 3.8) is 0 Å². The van der Waals surface area contributed by atoms with E-state index in [0.717, 1.165) is 0 Å². The van der Waals surface area contributed by atoms with E-state index in [1.807, 2.05) is 0 Å². The molecular formula is CH4BF2NO2. The Labute approximate surface area is 39.1 Å². The highest BCUT2D eigenvalue weighted by Gasteiger charge is 2.22. The third-order valence-electron chi connectivity index (χ3n) is 0.187. The Morgan fingerprint density at radius 1 is 1.57 bits per heavy atom. The molecule has 4 N–H and O–H groups in total. The minimum atomic E-state index is -3.23. The van der Waals surface area contributed by atoms with Gasteiger partial charge in [-0.3, -0.25) is 13.4 Å². The van der Waals surface area contributed by atoms with Gasteiger partial charge in [-0.25, -0.2) is 0 Å². The lowest BCUT2D eigenvalue weighted by atomic mass is 10.0. The van der Waals surface area contributed by atoms with E-state index in [1.165, 1.54) is 0 Å². The Kier molecular flexibility index (Phi) is 4.86. The summed E-state index contributed by atoms with van der Waals surface area (Å²) >= 11 is 0. The maximum Gasteiger partial charge on any atom is 0.658 e. The van der Waals surface area contributed by atoms with Gasteiger partial charge in [0.15, 0.2) is 0 Å². The first-order chi connectivity index (χ1) is 2.64. The molecule has 0 aromatic heterocycles. The topological polar surface area (TPSA) is 72.3 Å². The Bertz CT molecular complexity index is 66.7. The zero-order valence-corrected chi connectivity index (χ0v) is 3.40. The summed E-state index contributed by atoms with van der Waals surface area (Å²) in [5.41, 5.74) is 0. The van der Waals surface area contributed by atoms with Crippen molar-refractivity contribution in [2.45, 2.75) is 0 Å². The Morgan fingerprint density at radius 3 is 1.71 bits per heavy atom. The third-order valence-corrected chi connectivity index (χ3v) is 0.187. The van der Waals surface area contributed by atoms with E-state index in [0.29, 0.717) is 0 Å². The molecule has 0 amide bonds. The molecule has 3 nitrogen and oxygen atoms in total. The lowest BCUT2D eigenvalue weighted by molar-refractivity contribution is 0.214. The molecule has 0 unspecified atom stereocenters. The molecule has 6 heteroatoms. The van der Waals surface area contributed by atoms with E-state index in [9.17, 15) is 8.63 Å². The van der Waals surface area contributed by atoms with E-state index in [2.05, 4.69) is 0 Å². The van der Waals surface area contributed by atoms with Crippen molar-refractivity contribution in [3.8, 4) is 0 Å². The number of rotatable bonds is 1. The highest BCUT2D eigenvalue weighted by Crippen LogP contribution is 1.83. The predicted molar refractivity (Wildman–Crippen MR) is 21.0 cm³/mol. The second kappa shape index (κ2) is 3.54. The molecular weight excluding hydrogens is 107 g/mol. The van der Waals surface area contributed by atoms with Crippen LogP contribution in [0.5, 0.6) is 0 Å². The van der Waals surface area contributed by atoms with Crippen molar-refractivity contribution in [1.82, 2.24) is 6.15 Å². The molecule has 0 aliphatic carbocycles. The van der Waals surface area contributed by atoms with Gasteiger partial charge in [0.25, 0.3) is 0 Å². The van der Waals surface area contributed by atoms with Crippen LogP contribution in [-0.4, -0.2) is 18.2 Å². The largest absolute Gasteiger partial charge is 0.658 e. The Hall–Kier alpha value is -0.645. The number of carboxylic acid groups (broad SMARTS) is 1. The summed E-state index contributed by atoms with van der Waals surface area (Å²) in [7, 11) is -3.23. The van der Waals surface area contributed by atoms with Gasteiger partial charge in [0.1, 0.15) is 0 Å². The first-order valence-corrected chi connectivity index (χ1v) is 1.15. The molecule has 0 aromatic carbocycles. The van der Waals surface area contributed by atoms with Crippen LogP contribution < -0.4 is 6.15 Å². The van der Waals surface area contributed by atoms with Crippen LogP contribution in [0.1, 0.15) is 0 Å². The lowest BCUT2D eigenvalue weighted by Crippen LogP contribution is -2.10. The van der Waals surface area contributed by atoms with Crippen LogP contribution >= 0.6 is 0 Å². The second-order valence-electron chi connectivity index (χ2n) is 0.639. The van der Waals surface area contributed by atoms with Crippen molar-refractivity contribution in [1.29, 1.82) is 0 Å². The minimum absolute atomic E-state index is 0. The molecule has 7 heavy (non-hydrogen) atoms. The molecule has 42 valence electrons. The number of halogens is 2. The van der Waals surface area contributed by atoms with Crippen LogP contribution in [0.15, 0.2) is 0 Å². The zero-order chi connectivity index (χ0) is 5.15. The average molecular weight is 111 g/mol. The Balaban J connectivity index is 0. The summed E-state index contributed by atoms with van der Waals surface area (Å²) in [4.78, 5) is 8.95. The van der Waals surface area contributed by atoms with E-state index >= 15 is 0 Å². The van der Waals surface area contributed by atoms with E-state index < -0.39 is 13.1 Å². The molecule has 0 saturated carbocycles. The molecule has 0 saturated heterocycles. The summed E-state index contributed by atoms with van der Waals surface area (Å²) in [6, 6.07) is 0. The van der Waals surface area contributed by atoms with Crippen LogP contribution in [-0.2, 0) is 0 Å². The van der Waals surface area contributed by atoms with Crippen molar-refractivity contribution in [2.24, 2.45) is 0 Å². The summed E-state index contributed by atoms with van der Waals surface area (Å²) in [5.74, 6) is -2.07. The first-order valence-electron chi connectivity index (χ1n) is 1.15. The van der Waals surface area contributed by atoms with E-state index in [-0.39, 0.29) is 6.15 Å². The quantitative estimate of drug-likeness (QED) is 0.492. The van der Waals surface area contributed by atoms with Gasteiger partial charge < -0.3 is 11.3 Å². The van der Waals surface area contributed by atoms with Crippen molar-refractivity contribution in [3.05, 3.63) is 0 Å². The predicted octanol–water partition coefficient (Wildman–Crippen LogP) is 0.835. The highest BCUT2D eigenvalue weighted by molar-refractivity contribution is 6.77. The third kappa shape index (κ3) is 5.35. The van der Waals surface area contributed by atoms with Crippen molar-refractivity contribution in [2.75, 3.05) is 0 Å². The smallest absolute Gasteiger partial charge is 0.484 e. The van der Waals surface area contributed by atoms with Crippen molar-refractivity contribution >= 4 is 13.1 Å². The van der Waals surface area contributed by atoms with Gasteiger partial charge in [-0.05, 0) is 0 Å². The standard InChI is InChI=1S/CHBF2O2.H3N/c3-2(4)1(5)6;/h(H,5,6);1H3. The van der Waals surface area contributed by atoms with Crippen molar-refractivity contribution < 1.29 is 18.5 Å². The molecule has 0 fully saturated rings. The van der Waals surface area contributed by atoms with Crippen LogP contribution in [0.2, 0.25) is 0 Å². The maximum absolute atomic E-state index is 10.6. The monoisotopic (exact) mass is 111 g/mol. The lowest BCUT2D eigenvalue weighted by Gasteiger charge is -1.75. The van der Waals surface area contributed by atoms with Gasteiger partial charge in [-0.2, -0.15) is 0 Å². The van der Waals surface area contributed by atoms with Crippen LogP contribution in [0, 0.1) is 0 Å². The van der Waals surface area contributed by atoms with Crippen LogP contribution in [0.25, 0.3) is 0 Å². The fourth-order valence-corrected chi connectivity index (χ4v) is 0. The second-order valence-corrected chi connectivity index (χ2v) is 0.639. The first kappa shape index (κ1) is 9.61. The molecule has 0 aliphatic rings. The summed E-state index contributed by atoms with van der Waals surface area (Å²) in [6.45, 7) is 0. The van der Waals surface area contributed by atoms with Crippen LogP contribution in [0.4, 0.5) is 13.4 Å². The molecule has 0 heterocycles. The molecule has 0 aliphatic heterocycles. The van der Waals surface area contributed by atoms with Gasteiger partial charge in [0.05, 0.1) is 0 Å². The molecule has 0 radical (unpaired) electrons.